The summed E-state index contributed by atoms with van der Waals surface area (Å²) in [5, 5.41) is 37.1. The summed E-state index contributed by atoms with van der Waals surface area (Å²) in [6, 6.07) is 15.8. The fourth-order valence-electron chi connectivity index (χ4n) is 18.3. The fourth-order valence-corrected chi connectivity index (χ4v) is 19.2. The van der Waals surface area contributed by atoms with Crippen LogP contribution in [0.5, 0.6) is 0 Å². The van der Waals surface area contributed by atoms with Crippen molar-refractivity contribution >= 4 is 124 Å². The van der Waals surface area contributed by atoms with Crippen LogP contribution in [0.2, 0.25) is 0 Å². The van der Waals surface area contributed by atoms with Crippen molar-refractivity contribution in [1.29, 1.82) is 0 Å². The van der Waals surface area contributed by atoms with Crippen molar-refractivity contribution in [3.63, 3.8) is 0 Å². The van der Waals surface area contributed by atoms with Crippen LogP contribution in [-0.4, -0.2) is 103 Å². The summed E-state index contributed by atoms with van der Waals surface area (Å²) in [7, 11) is 1.00. The van der Waals surface area contributed by atoms with Crippen molar-refractivity contribution in [2.45, 2.75) is 186 Å². The molecule has 17 nitrogen and oxygen atoms in total. The van der Waals surface area contributed by atoms with E-state index < -0.39 is 11.9 Å². The number of hydrogen-bond acceptors (Lipinski definition) is 17. The molecule has 4 aromatic heterocycles. The standard InChI is InChI=1S/C20H26BrNO3.C20H24BrNO3.C20H24BrNO2.C17H20BrNO.CH2O3.CH4O.2K.H/c1-12-18-17(9-8-15-7-6-14(21)11-22-15)16-5-3-2-4-13(16)10-20(18,24)19(23)25-12;1-13(25-12-23)20-18(9-8-16-7-6-15(21)11-22-16)17-5-3-2-4-14(17)10-19(20)24;1-13(23)10-19-18(9-8-16-7-6-15(21)12-22-16)17-5-3-2-4-14(17)11-20(19)24;18-14-6-8-15(19-11-14)7-5-13-10-16(20)9-12-3-1-2-4-17(12)13;2-1-4-3;1-2;;;/h6-9,11-13,16-19,23-24H,2-5,10H2,1H3;6-9,11-14,17-18,20H,2-5,10H2,1H3;6-9,12,14,17-19H,2-5,10-11H2,1H3;5-8,11-13,17H,1-4,9-10H2;1,3H;2H,1H3;;;/q;;;;;;2*+1;-1/p-1/b3*9-8+;7-5+;;;;;/t12-,13+,16-,17+,18+,19?,20+;13-,14+,17-,18+,20?;14-,17+,18-,19+;12-,13+,17+;;;;;/m1100...../s1. The zero-order chi connectivity index (χ0) is 71.9. The largest absolute Gasteiger partial charge is 1.00 e. The number of allylic oxidation sites excluding steroid dienone is 4. The van der Waals surface area contributed by atoms with Crippen LogP contribution in [0.3, 0.4) is 0 Å². The molecule has 1 saturated heterocycles. The van der Waals surface area contributed by atoms with E-state index in [0.29, 0.717) is 91.2 Å². The minimum atomic E-state index is -1.12. The average Bonchev–Trinajstić information content (AvgIpc) is 1.61. The number of halogens is 4. The Bertz CT molecular complexity index is 3420. The van der Waals surface area contributed by atoms with Gasteiger partial charge in [0.2, 0.25) is 0 Å². The summed E-state index contributed by atoms with van der Waals surface area (Å²) in [5.41, 5.74) is 2.52. The van der Waals surface area contributed by atoms with E-state index in [1.54, 1.807) is 25.5 Å². The quantitative estimate of drug-likeness (QED) is 0.0459. The Morgan fingerprint density at radius 1 is 0.588 bits per heavy atom. The van der Waals surface area contributed by atoms with Gasteiger partial charge in [-0.1, -0.05) is 82.1 Å². The van der Waals surface area contributed by atoms with Gasteiger partial charge in [-0.2, -0.15) is 0 Å². The molecule has 9 fully saturated rings. The Hall–Kier alpha value is -1.83. The first-order chi connectivity index (χ1) is 48.3. The van der Waals surface area contributed by atoms with E-state index in [0.717, 1.165) is 86.3 Å². The Kier molecular flexibility index (Phi) is 39.6. The SMILES string of the molecule is CC(=O)C[C@H]1C(=O)C[C@@H]2CCCC[C@H]2[C@@H]1/C=C/c1ccc(Br)cn1.CO.C[C@@H](OC=O)C1C(=O)C[C@@H]2CCCC[C@H]2[C@@H]1/C=C/c1ccc(Br)cn1.C[C@H]1OC(O)[C@]2(O)C[C@@H]3CCCC[C@H]3[C@H](/C=C/c3ccc(Br)cn3)[C@H]12.O=C1C[C@@H]2CCCC[C@H]2[C@H](/C=C/c2ccc(Br)cn2)C1.O=CO[O-].[H-].[K+].[K+]. The van der Waals surface area contributed by atoms with Crippen molar-refractivity contribution in [2.24, 2.45) is 88.8 Å². The molecule has 544 valence electrons. The molecule has 23 heteroatoms. The maximum atomic E-state index is 12.8. The molecule has 102 heavy (non-hydrogen) atoms. The molecule has 19 atom stereocenters. The van der Waals surface area contributed by atoms with Gasteiger partial charge in [-0.05, 0) is 280 Å². The first-order valence-electron chi connectivity index (χ1n) is 35.8. The van der Waals surface area contributed by atoms with Crippen molar-refractivity contribution < 1.29 is 168 Å². The molecule has 0 radical (unpaired) electrons. The van der Waals surface area contributed by atoms with E-state index in [1.807, 2.05) is 80.7 Å². The van der Waals surface area contributed by atoms with Crippen molar-refractivity contribution in [2.75, 3.05) is 7.11 Å². The molecule has 0 amide bonds. The van der Waals surface area contributed by atoms with Gasteiger partial charge in [0.05, 0.1) is 34.8 Å². The summed E-state index contributed by atoms with van der Waals surface area (Å²) >= 11 is 13.6. The van der Waals surface area contributed by atoms with Gasteiger partial charge in [0.1, 0.15) is 34.8 Å². The van der Waals surface area contributed by atoms with Crippen molar-refractivity contribution in [3.8, 4) is 0 Å². The van der Waals surface area contributed by atoms with Gasteiger partial charge in [-0.25, -0.2) is 0 Å². The number of hydrogen-bond donors (Lipinski definition) is 3. The number of carbonyl (C=O) groups excluding carboxylic acids is 6. The molecule has 0 bridgehead atoms. The number of ether oxygens (including phenoxy) is 2. The van der Waals surface area contributed by atoms with E-state index in [9.17, 15) is 34.2 Å². The molecule has 5 heterocycles. The number of carbonyl (C=O) groups is 6. The van der Waals surface area contributed by atoms with Crippen LogP contribution in [-0.2, 0) is 43.1 Å². The molecule has 0 spiro atoms. The Balaban J connectivity index is 0.000000239. The second-order valence-corrected chi connectivity index (χ2v) is 32.3. The minimum absolute atomic E-state index is 0. The third-order valence-electron chi connectivity index (χ3n) is 22.6. The van der Waals surface area contributed by atoms with E-state index >= 15 is 0 Å². The van der Waals surface area contributed by atoms with Gasteiger partial charge >= 0.3 is 103 Å². The number of aliphatic hydroxyl groups excluding tert-OH is 2. The van der Waals surface area contributed by atoms with Crippen molar-refractivity contribution in [1.82, 2.24) is 19.9 Å². The Morgan fingerprint density at radius 3 is 1.42 bits per heavy atom. The molecule has 8 aliphatic carbocycles. The van der Waals surface area contributed by atoms with E-state index in [4.69, 9.17) is 24.6 Å². The van der Waals surface area contributed by atoms with Gasteiger partial charge in [0, 0.05) is 93.7 Å². The third kappa shape index (κ3) is 25.4. The normalized spacial score (nSPS) is 31.6. The summed E-state index contributed by atoms with van der Waals surface area (Å²) < 4.78 is 14.7. The predicted molar refractivity (Wildman–Crippen MR) is 398 cm³/mol. The van der Waals surface area contributed by atoms with E-state index in [-0.39, 0.29) is 176 Å². The minimum Gasteiger partial charge on any atom is -1.00 e. The zero-order valence-corrected chi connectivity index (χ0v) is 72.5. The number of aromatic nitrogens is 4. The van der Waals surface area contributed by atoms with Crippen LogP contribution in [0.1, 0.15) is 186 Å². The first kappa shape index (κ1) is 89.1. The van der Waals surface area contributed by atoms with Gasteiger partial charge in [-0.3, -0.25) is 43.9 Å². The van der Waals surface area contributed by atoms with Gasteiger partial charge in [0.15, 0.2) is 6.29 Å². The smallest absolute Gasteiger partial charge is 1.00 e. The Labute approximate surface area is 722 Å². The first-order valence-corrected chi connectivity index (χ1v) is 39.0. The number of fused-ring (bicyclic) bond motifs is 5. The van der Waals surface area contributed by atoms with Crippen LogP contribution in [0.25, 0.3) is 24.3 Å². The zero-order valence-electron chi connectivity index (χ0n) is 60.9. The average molecular weight is 1710 g/mol. The van der Waals surface area contributed by atoms with Gasteiger partial charge in [0.25, 0.3) is 12.9 Å². The molecule has 8 saturated carbocycles. The second kappa shape index (κ2) is 45.4. The molecule has 0 aromatic carbocycles. The van der Waals surface area contributed by atoms with Crippen LogP contribution in [0, 0.1) is 88.8 Å². The summed E-state index contributed by atoms with van der Waals surface area (Å²) in [5.74, 6) is 5.89. The molecule has 2 unspecified atom stereocenters. The fraction of sp³-hybridized carbons (Fsp3) is 0.570. The van der Waals surface area contributed by atoms with Crippen LogP contribution in [0.15, 0.2) is 116 Å². The molecular weight excluding hydrogens is 1610 g/mol. The summed E-state index contributed by atoms with van der Waals surface area (Å²) in [6.07, 6.45) is 45.8. The molecule has 9 aliphatic rings. The molecule has 3 N–H and O–H groups in total. The third-order valence-corrected chi connectivity index (χ3v) is 24.5. The molecular formula is C79H100Br4K2N4O13. The maximum absolute atomic E-state index is 12.8. The predicted octanol–water partition coefficient (Wildman–Crippen LogP) is 9.85. The number of Topliss-reactive ketones (excluding diaryl/α,β-unsaturated/α-hetero) is 4. The number of pyridine rings is 4. The molecule has 4 aromatic rings. The molecule has 1 aliphatic heterocycles. The van der Waals surface area contributed by atoms with Crippen LogP contribution in [0.4, 0.5) is 0 Å². The number of nitrogens with zero attached hydrogens (tertiary/aromatic N) is 4. The monoisotopic (exact) mass is 1710 g/mol. The van der Waals surface area contributed by atoms with Gasteiger partial charge < -0.3 is 41.2 Å². The van der Waals surface area contributed by atoms with Gasteiger partial charge in [-0.15, -0.1) is 0 Å². The van der Waals surface area contributed by atoms with Crippen LogP contribution < -0.4 is 108 Å². The van der Waals surface area contributed by atoms with Crippen LogP contribution >= 0.6 is 63.7 Å². The Morgan fingerprint density at radius 2 is 0.980 bits per heavy atom. The molecule has 13 rings (SSSR count). The number of aliphatic hydroxyl groups is 3. The second-order valence-electron chi connectivity index (χ2n) is 28.6. The maximum Gasteiger partial charge on any atom is 1.00 e. The van der Waals surface area contributed by atoms with Crippen molar-refractivity contribution in [3.05, 3.63) is 138 Å². The number of rotatable bonds is 14. The summed E-state index contributed by atoms with van der Waals surface area (Å²) in [6.45, 7) is 5.69. The van der Waals surface area contributed by atoms with E-state index in [1.165, 1.54) is 77.0 Å². The van der Waals surface area contributed by atoms with E-state index in [2.05, 4.69) is 125 Å². The summed E-state index contributed by atoms with van der Waals surface area (Å²) in [4.78, 5) is 88.6. The topological polar surface area (TPSA) is 265 Å². The number of ketones is 4.